The molecular weight excluding hydrogens is 282 g/mol. The lowest BCUT2D eigenvalue weighted by molar-refractivity contribution is 0.0833. The van der Waals surface area contributed by atoms with Crippen LogP contribution in [0.15, 0.2) is 0 Å². The van der Waals surface area contributed by atoms with Crippen LogP contribution in [0.25, 0.3) is 0 Å². The Labute approximate surface area is 130 Å². The van der Waals surface area contributed by atoms with Crippen molar-refractivity contribution >= 4 is 27.9 Å². The Balaban J connectivity index is 1.98. The molecule has 21 heavy (non-hydrogen) atoms. The summed E-state index contributed by atoms with van der Waals surface area (Å²) in [5.41, 5.74) is 8.39. The van der Waals surface area contributed by atoms with Crippen molar-refractivity contribution in [3.05, 3.63) is 10.4 Å². The average molecular weight is 307 g/mol. The van der Waals surface area contributed by atoms with Crippen molar-refractivity contribution in [1.82, 2.24) is 4.90 Å². The van der Waals surface area contributed by atoms with E-state index in [0.717, 1.165) is 23.7 Å². The summed E-state index contributed by atoms with van der Waals surface area (Å²) in [5.74, 6) is 0.628. The fraction of sp³-hybridized carbons (Fsp3) is 0.688. The van der Waals surface area contributed by atoms with Gasteiger partial charge in [-0.2, -0.15) is 0 Å². The summed E-state index contributed by atoms with van der Waals surface area (Å²) in [4.78, 5) is 17.2. The molecule has 1 aliphatic carbocycles. The highest BCUT2D eigenvalue weighted by atomic mass is 32.1. The van der Waals surface area contributed by atoms with Gasteiger partial charge in [0, 0.05) is 32.7 Å². The number of nitrogens with two attached hydrogens (primary N) is 1. The van der Waals surface area contributed by atoms with Gasteiger partial charge in [0.25, 0.3) is 5.91 Å². The Kier molecular flexibility index (Phi) is 4.11. The summed E-state index contributed by atoms with van der Waals surface area (Å²) >= 11 is 1.62. The Morgan fingerprint density at radius 3 is 2.33 bits per heavy atom. The Bertz CT molecular complexity index is 526. The molecule has 0 atom stereocenters. The van der Waals surface area contributed by atoms with Gasteiger partial charge in [-0.3, -0.25) is 4.79 Å². The number of carbonyl (C=O) groups is 1. The number of anilines is 2. The molecule has 2 fully saturated rings. The van der Waals surface area contributed by atoms with Crippen molar-refractivity contribution in [1.29, 1.82) is 0 Å². The summed E-state index contributed by atoms with van der Waals surface area (Å²) in [7, 11) is 3.59. The molecular formula is C16H25N3OS. The molecule has 1 aliphatic heterocycles. The highest BCUT2D eigenvalue weighted by Crippen LogP contribution is 2.52. The quantitative estimate of drug-likeness (QED) is 0.932. The first-order chi connectivity index (χ1) is 10.1. The van der Waals surface area contributed by atoms with Crippen LogP contribution >= 0.6 is 11.3 Å². The number of amides is 1. The largest absolute Gasteiger partial charge is 0.397 e. The van der Waals surface area contributed by atoms with Crippen LogP contribution in [-0.4, -0.2) is 38.0 Å². The predicted molar refractivity (Wildman–Crippen MR) is 89.4 cm³/mol. The number of nitrogen functional groups attached to an aromatic ring is 1. The third-order valence-corrected chi connectivity index (χ3v) is 5.71. The van der Waals surface area contributed by atoms with Gasteiger partial charge < -0.3 is 15.5 Å². The van der Waals surface area contributed by atoms with E-state index in [4.69, 9.17) is 5.73 Å². The van der Waals surface area contributed by atoms with Crippen molar-refractivity contribution < 1.29 is 4.79 Å². The summed E-state index contributed by atoms with van der Waals surface area (Å²) in [6, 6.07) is 0. The Morgan fingerprint density at radius 1 is 1.19 bits per heavy atom. The van der Waals surface area contributed by atoms with E-state index in [1.54, 1.807) is 30.3 Å². The molecule has 2 N–H and O–H groups in total. The monoisotopic (exact) mass is 307 g/mol. The minimum Gasteiger partial charge on any atom is -0.397 e. The van der Waals surface area contributed by atoms with Gasteiger partial charge in [0.15, 0.2) is 0 Å². The lowest BCUT2D eigenvalue weighted by Crippen LogP contribution is -2.23. The average Bonchev–Trinajstić information content (AvgIpc) is 3.26. The number of hydrogen-bond donors (Lipinski definition) is 1. The summed E-state index contributed by atoms with van der Waals surface area (Å²) in [6.45, 7) is 2.21. The molecule has 116 valence electrons. The fourth-order valence-electron chi connectivity index (χ4n) is 3.08. The van der Waals surface area contributed by atoms with Crippen molar-refractivity contribution in [3.63, 3.8) is 0 Å². The number of carbonyl (C=O) groups excluding carboxylic acids is 1. The van der Waals surface area contributed by atoms with E-state index in [9.17, 15) is 4.79 Å². The molecule has 4 nitrogen and oxygen atoms in total. The van der Waals surface area contributed by atoms with E-state index < -0.39 is 0 Å². The molecule has 5 heteroatoms. The molecule has 1 saturated heterocycles. The van der Waals surface area contributed by atoms with Crippen LogP contribution in [0.4, 0.5) is 10.7 Å². The van der Waals surface area contributed by atoms with Crippen LogP contribution in [0.5, 0.6) is 0 Å². The van der Waals surface area contributed by atoms with Crippen LogP contribution in [0, 0.1) is 0 Å². The van der Waals surface area contributed by atoms with Crippen LogP contribution in [0.3, 0.4) is 0 Å². The first kappa shape index (κ1) is 14.7. The van der Waals surface area contributed by atoms with Crippen LogP contribution in [-0.2, 0) is 0 Å². The number of nitrogens with zero attached hydrogens (tertiary/aromatic N) is 2. The molecule has 1 amide bonds. The zero-order valence-electron chi connectivity index (χ0n) is 13.0. The van der Waals surface area contributed by atoms with Crippen LogP contribution in [0.2, 0.25) is 0 Å². The molecule has 2 aliphatic rings. The normalized spacial score (nSPS) is 19.4. The molecule has 3 rings (SSSR count). The second-order valence-electron chi connectivity index (χ2n) is 6.44. The van der Waals surface area contributed by atoms with E-state index in [-0.39, 0.29) is 5.91 Å². The van der Waals surface area contributed by atoms with Gasteiger partial charge >= 0.3 is 0 Å². The highest BCUT2D eigenvalue weighted by Gasteiger charge is 2.34. The molecule has 0 unspecified atom stereocenters. The van der Waals surface area contributed by atoms with Gasteiger partial charge in [-0.25, -0.2) is 0 Å². The number of rotatable bonds is 3. The van der Waals surface area contributed by atoms with E-state index in [1.807, 2.05) is 0 Å². The topological polar surface area (TPSA) is 49.6 Å². The van der Waals surface area contributed by atoms with E-state index in [0.29, 0.717) is 5.92 Å². The van der Waals surface area contributed by atoms with Gasteiger partial charge in [0.05, 0.1) is 10.7 Å². The van der Waals surface area contributed by atoms with Gasteiger partial charge in [-0.1, -0.05) is 12.8 Å². The van der Waals surface area contributed by atoms with Crippen molar-refractivity contribution in [3.8, 4) is 0 Å². The highest BCUT2D eigenvalue weighted by molar-refractivity contribution is 7.18. The minimum atomic E-state index is 0.0421. The van der Waals surface area contributed by atoms with Crippen molar-refractivity contribution in [2.75, 3.05) is 37.8 Å². The number of hydrogen-bond acceptors (Lipinski definition) is 4. The second kappa shape index (κ2) is 5.87. The molecule has 1 aromatic heterocycles. The van der Waals surface area contributed by atoms with Gasteiger partial charge in [0.2, 0.25) is 0 Å². The first-order valence-electron chi connectivity index (χ1n) is 7.98. The fourth-order valence-corrected chi connectivity index (χ4v) is 4.46. The SMILES string of the molecule is CN(C)C(=O)c1sc(N2CCCCCC2)c(C2CC2)c1N. The molecule has 0 bridgehead atoms. The lowest BCUT2D eigenvalue weighted by atomic mass is 10.1. The van der Waals surface area contributed by atoms with Gasteiger partial charge in [-0.15, -0.1) is 11.3 Å². The first-order valence-corrected chi connectivity index (χ1v) is 8.80. The maximum absolute atomic E-state index is 12.4. The molecule has 0 aromatic carbocycles. The molecule has 1 aromatic rings. The Hall–Kier alpha value is -1.23. The van der Waals surface area contributed by atoms with Crippen LogP contribution < -0.4 is 10.6 Å². The summed E-state index contributed by atoms with van der Waals surface area (Å²) in [5, 5.41) is 1.28. The van der Waals surface area contributed by atoms with Crippen LogP contribution in [0.1, 0.15) is 59.7 Å². The standard InChI is InChI=1S/C16H25N3OS/c1-18(2)15(20)14-13(17)12(11-7-8-11)16(21-14)19-9-5-3-4-6-10-19/h11H,3-10,17H2,1-2H3. The third-order valence-electron chi connectivity index (χ3n) is 4.44. The molecule has 0 radical (unpaired) electrons. The zero-order valence-corrected chi connectivity index (χ0v) is 13.8. The van der Waals surface area contributed by atoms with Crippen molar-refractivity contribution in [2.45, 2.75) is 44.4 Å². The minimum absolute atomic E-state index is 0.0421. The maximum Gasteiger partial charge on any atom is 0.265 e. The smallest absolute Gasteiger partial charge is 0.265 e. The second-order valence-corrected chi connectivity index (χ2v) is 7.44. The zero-order chi connectivity index (χ0) is 15.0. The lowest BCUT2D eigenvalue weighted by Gasteiger charge is -2.22. The van der Waals surface area contributed by atoms with Gasteiger partial charge in [0.1, 0.15) is 4.88 Å². The molecule has 0 spiro atoms. The molecule has 1 saturated carbocycles. The van der Waals surface area contributed by atoms with Crippen molar-refractivity contribution in [2.24, 2.45) is 0 Å². The summed E-state index contributed by atoms with van der Waals surface area (Å²) in [6.07, 6.45) is 7.58. The predicted octanol–water partition coefficient (Wildman–Crippen LogP) is 3.29. The van der Waals surface area contributed by atoms with E-state index in [1.165, 1.54) is 49.1 Å². The summed E-state index contributed by atoms with van der Waals surface area (Å²) < 4.78 is 0. The maximum atomic E-state index is 12.4. The van der Waals surface area contributed by atoms with E-state index >= 15 is 0 Å². The number of thiophene rings is 1. The van der Waals surface area contributed by atoms with E-state index in [2.05, 4.69) is 4.90 Å². The Morgan fingerprint density at radius 2 is 1.81 bits per heavy atom. The van der Waals surface area contributed by atoms with Gasteiger partial charge in [-0.05, 0) is 31.6 Å². The third kappa shape index (κ3) is 2.89. The molecule has 2 heterocycles.